The average Bonchev–Trinajstić information content (AvgIpc) is 2.36. The standard InChI is InChI=1S/C15H23NO2S/c1-15(2,3)19-11-14(18)16-13(10-17)9-12-7-5-4-6-8-12/h4-8,13,17H,9-11H2,1-3H3,(H,16,18)/t13-/m0/s1. The van der Waals surface area contributed by atoms with Crippen LogP contribution in [0.4, 0.5) is 0 Å². The predicted octanol–water partition coefficient (Wildman–Crippen LogP) is 2.24. The minimum atomic E-state index is -0.213. The van der Waals surface area contributed by atoms with E-state index in [4.69, 9.17) is 0 Å². The fourth-order valence-electron chi connectivity index (χ4n) is 1.61. The number of aliphatic hydroxyl groups excluding tert-OH is 1. The average molecular weight is 281 g/mol. The Morgan fingerprint density at radius 3 is 2.47 bits per heavy atom. The molecule has 1 aromatic rings. The number of hydrogen-bond acceptors (Lipinski definition) is 3. The van der Waals surface area contributed by atoms with E-state index in [1.807, 2.05) is 30.3 Å². The number of carbonyl (C=O) groups is 1. The SMILES string of the molecule is CC(C)(C)SCC(=O)N[C@H](CO)Cc1ccccc1. The van der Waals surface area contributed by atoms with Crippen LogP contribution in [0.25, 0.3) is 0 Å². The number of aliphatic hydroxyl groups is 1. The monoisotopic (exact) mass is 281 g/mol. The highest BCUT2D eigenvalue weighted by Gasteiger charge is 2.16. The third-order valence-electron chi connectivity index (χ3n) is 2.55. The number of thioether (sulfide) groups is 1. The molecule has 3 nitrogen and oxygen atoms in total. The molecule has 0 aliphatic heterocycles. The second-order valence-electron chi connectivity index (χ2n) is 5.54. The maximum absolute atomic E-state index is 11.8. The van der Waals surface area contributed by atoms with Gasteiger partial charge in [0.2, 0.25) is 5.91 Å². The second-order valence-corrected chi connectivity index (χ2v) is 7.34. The van der Waals surface area contributed by atoms with E-state index in [0.29, 0.717) is 12.2 Å². The molecule has 0 aliphatic carbocycles. The summed E-state index contributed by atoms with van der Waals surface area (Å²) in [7, 11) is 0. The third-order valence-corrected chi connectivity index (χ3v) is 3.82. The van der Waals surface area contributed by atoms with E-state index in [1.54, 1.807) is 11.8 Å². The molecule has 19 heavy (non-hydrogen) atoms. The molecule has 0 saturated carbocycles. The molecule has 0 heterocycles. The van der Waals surface area contributed by atoms with Crippen molar-refractivity contribution in [2.75, 3.05) is 12.4 Å². The molecule has 4 heteroatoms. The summed E-state index contributed by atoms with van der Waals surface area (Å²) >= 11 is 1.61. The zero-order valence-corrected chi connectivity index (χ0v) is 12.7. The molecule has 0 fully saturated rings. The van der Waals surface area contributed by atoms with Crippen molar-refractivity contribution in [1.29, 1.82) is 0 Å². The van der Waals surface area contributed by atoms with Crippen LogP contribution in [0.1, 0.15) is 26.3 Å². The summed E-state index contributed by atoms with van der Waals surface area (Å²) in [5, 5.41) is 12.2. The van der Waals surface area contributed by atoms with Crippen molar-refractivity contribution in [1.82, 2.24) is 5.32 Å². The van der Waals surface area contributed by atoms with Gasteiger partial charge < -0.3 is 10.4 Å². The Labute approximate surface area is 119 Å². The Morgan fingerprint density at radius 1 is 1.32 bits per heavy atom. The van der Waals surface area contributed by atoms with Crippen LogP contribution < -0.4 is 5.32 Å². The highest BCUT2D eigenvalue weighted by Crippen LogP contribution is 2.22. The fourth-order valence-corrected chi connectivity index (χ4v) is 2.26. The van der Waals surface area contributed by atoms with Crippen LogP contribution in [-0.2, 0) is 11.2 Å². The lowest BCUT2D eigenvalue weighted by molar-refractivity contribution is -0.119. The van der Waals surface area contributed by atoms with Gasteiger partial charge in [-0.3, -0.25) is 4.79 Å². The second kappa shape index (κ2) is 7.56. The van der Waals surface area contributed by atoms with Gasteiger partial charge in [0.25, 0.3) is 0 Å². The molecule has 0 saturated heterocycles. The molecule has 0 radical (unpaired) electrons. The highest BCUT2D eigenvalue weighted by molar-refractivity contribution is 8.01. The maximum atomic E-state index is 11.8. The Kier molecular flexibility index (Phi) is 6.38. The largest absolute Gasteiger partial charge is 0.394 e. The minimum Gasteiger partial charge on any atom is -0.394 e. The van der Waals surface area contributed by atoms with Gasteiger partial charge in [0.05, 0.1) is 18.4 Å². The molecule has 2 N–H and O–H groups in total. The Bertz CT molecular complexity index is 387. The molecular formula is C15H23NO2S. The maximum Gasteiger partial charge on any atom is 0.230 e. The van der Waals surface area contributed by atoms with Crippen LogP contribution in [0.15, 0.2) is 30.3 Å². The van der Waals surface area contributed by atoms with E-state index >= 15 is 0 Å². The summed E-state index contributed by atoms with van der Waals surface area (Å²) in [6, 6.07) is 9.66. The Hall–Kier alpha value is -1.00. The third kappa shape index (κ3) is 7.23. The van der Waals surface area contributed by atoms with Gasteiger partial charge in [-0.2, -0.15) is 0 Å². The summed E-state index contributed by atoms with van der Waals surface area (Å²) in [4.78, 5) is 11.8. The van der Waals surface area contributed by atoms with Crippen molar-refractivity contribution >= 4 is 17.7 Å². The van der Waals surface area contributed by atoms with Crippen LogP contribution >= 0.6 is 11.8 Å². The van der Waals surface area contributed by atoms with E-state index in [2.05, 4.69) is 26.1 Å². The summed E-state index contributed by atoms with van der Waals surface area (Å²) < 4.78 is 0.0749. The van der Waals surface area contributed by atoms with Gasteiger partial charge in [0, 0.05) is 4.75 Å². The first-order chi connectivity index (χ1) is 8.90. The van der Waals surface area contributed by atoms with Crippen LogP contribution in [0, 0.1) is 0 Å². The van der Waals surface area contributed by atoms with Gasteiger partial charge >= 0.3 is 0 Å². The van der Waals surface area contributed by atoms with Crippen LogP contribution in [0.2, 0.25) is 0 Å². The summed E-state index contributed by atoms with van der Waals surface area (Å²) in [5.74, 6) is 0.407. The van der Waals surface area contributed by atoms with Crippen LogP contribution in [0.3, 0.4) is 0 Å². The predicted molar refractivity (Wildman–Crippen MR) is 81.4 cm³/mol. The zero-order valence-electron chi connectivity index (χ0n) is 11.8. The van der Waals surface area contributed by atoms with Gasteiger partial charge in [-0.25, -0.2) is 0 Å². The highest BCUT2D eigenvalue weighted by atomic mass is 32.2. The van der Waals surface area contributed by atoms with E-state index < -0.39 is 0 Å². The number of benzene rings is 1. The quantitative estimate of drug-likeness (QED) is 0.841. The summed E-state index contributed by atoms with van der Waals surface area (Å²) in [6.45, 7) is 6.20. The van der Waals surface area contributed by atoms with Crippen molar-refractivity contribution in [3.05, 3.63) is 35.9 Å². The smallest absolute Gasteiger partial charge is 0.230 e. The molecule has 0 unspecified atom stereocenters. The van der Waals surface area contributed by atoms with Crippen molar-refractivity contribution in [3.63, 3.8) is 0 Å². The van der Waals surface area contributed by atoms with Crippen molar-refractivity contribution < 1.29 is 9.90 Å². The van der Waals surface area contributed by atoms with E-state index in [9.17, 15) is 9.90 Å². The molecule has 1 aromatic carbocycles. The van der Waals surface area contributed by atoms with Crippen molar-refractivity contribution in [2.45, 2.75) is 38.0 Å². The van der Waals surface area contributed by atoms with Gasteiger partial charge in [0.15, 0.2) is 0 Å². The first kappa shape index (κ1) is 16.1. The first-order valence-corrected chi connectivity index (χ1v) is 7.47. The Morgan fingerprint density at radius 2 is 1.95 bits per heavy atom. The lowest BCUT2D eigenvalue weighted by Gasteiger charge is -2.20. The fraction of sp³-hybridized carbons (Fsp3) is 0.533. The van der Waals surface area contributed by atoms with Gasteiger partial charge in [0.1, 0.15) is 0 Å². The number of hydrogen-bond donors (Lipinski definition) is 2. The zero-order chi connectivity index (χ0) is 14.3. The van der Waals surface area contributed by atoms with Crippen molar-refractivity contribution in [2.24, 2.45) is 0 Å². The van der Waals surface area contributed by atoms with Crippen LogP contribution in [-0.4, -0.2) is 34.2 Å². The number of rotatable bonds is 6. The topological polar surface area (TPSA) is 49.3 Å². The molecule has 1 rings (SSSR count). The molecule has 0 aliphatic rings. The Balaban J connectivity index is 2.42. The lowest BCUT2D eigenvalue weighted by atomic mass is 10.1. The molecule has 0 aromatic heterocycles. The van der Waals surface area contributed by atoms with E-state index in [-0.39, 0.29) is 23.3 Å². The van der Waals surface area contributed by atoms with E-state index in [0.717, 1.165) is 5.56 Å². The summed E-state index contributed by atoms with van der Waals surface area (Å²) in [5.41, 5.74) is 1.12. The molecule has 106 valence electrons. The van der Waals surface area contributed by atoms with Crippen LogP contribution in [0.5, 0.6) is 0 Å². The molecular weight excluding hydrogens is 258 g/mol. The van der Waals surface area contributed by atoms with E-state index in [1.165, 1.54) is 0 Å². The van der Waals surface area contributed by atoms with Gasteiger partial charge in [-0.1, -0.05) is 51.1 Å². The normalized spacial score (nSPS) is 13.1. The van der Waals surface area contributed by atoms with Gasteiger partial charge in [-0.05, 0) is 12.0 Å². The molecule has 1 amide bonds. The number of carbonyl (C=O) groups excluding carboxylic acids is 1. The first-order valence-electron chi connectivity index (χ1n) is 6.49. The molecule has 1 atom stereocenters. The lowest BCUT2D eigenvalue weighted by Crippen LogP contribution is -2.40. The number of amides is 1. The number of nitrogens with one attached hydrogen (secondary N) is 1. The van der Waals surface area contributed by atoms with Crippen molar-refractivity contribution in [3.8, 4) is 0 Å². The molecule has 0 spiro atoms. The molecule has 0 bridgehead atoms. The summed E-state index contributed by atoms with van der Waals surface area (Å²) in [6.07, 6.45) is 0.656. The minimum absolute atomic E-state index is 0.0186. The van der Waals surface area contributed by atoms with Gasteiger partial charge in [-0.15, -0.1) is 11.8 Å².